The van der Waals surface area contributed by atoms with Crippen LogP contribution in [0.15, 0.2) is 41.6 Å². The van der Waals surface area contributed by atoms with Crippen molar-refractivity contribution in [2.24, 2.45) is 5.92 Å². The molecule has 0 unspecified atom stereocenters. The Bertz CT molecular complexity index is 1070. The number of hydrogen-bond acceptors (Lipinski definition) is 6. The summed E-state index contributed by atoms with van der Waals surface area (Å²) >= 11 is 0. The third kappa shape index (κ3) is 6.36. The number of nitrogens with zero attached hydrogens (tertiary/aromatic N) is 2. The van der Waals surface area contributed by atoms with E-state index in [0.29, 0.717) is 23.9 Å². The Morgan fingerprint density at radius 3 is 2.52 bits per heavy atom. The number of hydrogen-bond donors (Lipinski definition) is 1. The number of anilines is 1. The third-order valence-corrected chi connectivity index (χ3v) is 6.56. The molecule has 31 heavy (non-hydrogen) atoms. The molecule has 1 aromatic carbocycles. The van der Waals surface area contributed by atoms with Gasteiger partial charge >= 0.3 is 0 Å². The van der Waals surface area contributed by atoms with Crippen molar-refractivity contribution in [1.29, 1.82) is 0 Å². The van der Waals surface area contributed by atoms with Crippen LogP contribution in [0.3, 0.4) is 0 Å². The molecule has 1 aliphatic rings. The third-order valence-electron chi connectivity index (χ3n) is 5.43. The van der Waals surface area contributed by atoms with E-state index in [2.05, 4.69) is 27.1 Å². The normalized spacial score (nSPS) is 15.2. The number of nitrogens with one attached hydrogen (secondary N) is 1. The minimum atomic E-state index is -3.30. The zero-order chi connectivity index (χ0) is 22.3. The number of rotatable bonds is 7. The highest BCUT2D eigenvalue weighted by molar-refractivity contribution is 7.90. The van der Waals surface area contributed by atoms with E-state index in [1.807, 2.05) is 0 Å². The van der Waals surface area contributed by atoms with Crippen LogP contribution in [0.2, 0.25) is 0 Å². The van der Waals surface area contributed by atoms with Gasteiger partial charge in [-0.2, -0.15) is 0 Å². The highest BCUT2D eigenvalue weighted by Crippen LogP contribution is 2.35. The number of carbonyl (C=O) groups is 1. The van der Waals surface area contributed by atoms with Crippen LogP contribution >= 0.6 is 0 Å². The summed E-state index contributed by atoms with van der Waals surface area (Å²) in [5, 5.41) is 2.88. The van der Waals surface area contributed by atoms with E-state index in [4.69, 9.17) is 4.74 Å². The fourth-order valence-electron chi connectivity index (χ4n) is 3.84. The van der Waals surface area contributed by atoms with E-state index in [1.165, 1.54) is 31.5 Å². The first-order valence-electron chi connectivity index (χ1n) is 10.3. The van der Waals surface area contributed by atoms with Crippen LogP contribution in [0.4, 0.5) is 5.82 Å². The average molecular weight is 442 g/mol. The summed E-state index contributed by atoms with van der Waals surface area (Å²) in [6.45, 7) is 0.251. The fraction of sp³-hybridized carbons (Fsp3) is 0.435. The molecule has 0 aliphatic heterocycles. The van der Waals surface area contributed by atoms with Crippen LogP contribution in [0, 0.1) is 17.8 Å². The maximum absolute atomic E-state index is 13.3. The minimum absolute atomic E-state index is 0.200. The first kappa shape index (κ1) is 22.9. The molecule has 1 heterocycles. The molecule has 1 N–H and O–H groups in total. The number of sulfone groups is 1. The predicted molar refractivity (Wildman–Crippen MR) is 118 cm³/mol. The largest absolute Gasteiger partial charge is 0.372 e. The highest BCUT2D eigenvalue weighted by Gasteiger charge is 2.27. The maximum Gasteiger partial charge on any atom is 0.233 e. The van der Waals surface area contributed by atoms with E-state index >= 15 is 0 Å². The smallest absolute Gasteiger partial charge is 0.233 e. The summed E-state index contributed by atoms with van der Waals surface area (Å²) in [5.74, 6) is 5.84. The van der Waals surface area contributed by atoms with Crippen LogP contribution in [0.1, 0.15) is 49.3 Å². The number of carbonyl (C=O) groups excluding carboxylic acids is 1. The topological polar surface area (TPSA) is 98.2 Å². The molecule has 1 saturated carbocycles. The van der Waals surface area contributed by atoms with Crippen LogP contribution in [-0.2, 0) is 19.4 Å². The molecular formula is C23H27N3O4S. The van der Waals surface area contributed by atoms with Gasteiger partial charge in [0.2, 0.25) is 5.91 Å². The van der Waals surface area contributed by atoms with Gasteiger partial charge in [0.05, 0.1) is 10.8 Å². The van der Waals surface area contributed by atoms with Gasteiger partial charge in [-0.05, 0) is 36.0 Å². The van der Waals surface area contributed by atoms with Gasteiger partial charge in [-0.3, -0.25) is 4.79 Å². The van der Waals surface area contributed by atoms with E-state index < -0.39 is 15.8 Å². The van der Waals surface area contributed by atoms with E-state index in [1.54, 1.807) is 31.4 Å². The van der Waals surface area contributed by atoms with Gasteiger partial charge in [-0.25, -0.2) is 18.4 Å². The van der Waals surface area contributed by atoms with Crippen LogP contribution < -0.4 is 5.32 Å². The average Bonchev–Trinajstić information content (AvgIpc) is 3.26. The molecule has 7 nitrogen and oxygen atoms in total. The van der Waals surface area contributed by atoms with E-state index in [-0.39, 0.29) is 17.4 Å². The quantitative estimate of drug-likeness (QED) is 0.663. The zero-order valence-corrected chi connectivity index (χ0v) is 18.6. The molecule has 2 aromatic rings. The fourth-order valence-corrected chi connectivity index (χ4v) is 4.47. The van der Waals surface area contributed by atoms with E-state index in [9.17, 15) is 13.2 Å². The molecule has 0 radical (unpaired) electrons. The number of ether oxygens (including phenoxy) is 1. The molecule has 1 aromatic heterocycles. The van der Waals surface area contributed by atoms with E-state index in [0.717, 1.165) is 18.4 Å². The molecule has 1 amide bonds. The lowest BCUT2D eigenvalue weighted by atomic mass is 9.87. The van der Waals surface area contributed by atoms with Crippen molar-refractivity contribution >= 4 is 21.6 Å². The predicted octanol–water partition coefficient (Wildman–Crippen LogP) is 3.18. The minimum Gasteiger partial charge on any atom is -0.372 e. The monoisotopic (exact) mass is 441 g/mol. The number of amides is 1. The molecule has 3 rings (SSSR count). The van der Waals surface area contributed by atoms with Crippen molar-refractivity contribution in [3.63, 3.8) is 0 Å². The number of benzene rings is 1. The summed E-state index contributed by atoms with van der Waals surface area (Å²) in [5.41, 5.74) is 1.16. The lowest BCUT2D eigenvalue weighted by Gasteiger charge is -2.21. The summed E-state index contributed by atoms with van der Waals surface area (Å²) < 4.78 is 28.5. The van der Waals surface area contributed by atoms with Gasteiger partial charge in [0, 0.05) is 25.8 Å². The van der Waals surface area contributed by atoms with Crippen molar-refractivity contribution in [3.05, 3.63) is 47.9 Å². The molecule has 0 spiro atoms. The van der Waals surface area contributed by atoms with Crippen LogP contribution in [0.25, 0.3) is 0 Å². The van der Waals surface area contributed by atoms with Gasteiger partial charge in [0.25, 0.3) is 0 Å². The number of aromatic nitrogens is 2. The summed E-state index contributed by atoms with van der Waals surface area (Å²) in [7, 11) is -1.75. The van der Waals surface area contributed by atoms with Gasteiger partial charge in [0.15, 0.2) is 21.3 Å². The van der Waals surface area contributed by atoms with Crippen LogP contribution in [-0.4, -0.2) is 44.3 Å². The summed E-state index contributed by atoms with van der Waals surface area (Å²) in [4.78, 5) is 22.0. The first-order chi connectivity index (χ1) is 14.9. The van der Waals surface area contributed by atoms with Gasteiger partial charge < -0.3 is 10.1 Å². The second-order valence-electron chi connectivity index (χ2n) is 7.76. The molecule has 1 atom stereocenters. The zero-order valence-electron chi connectivity index (χ0n) is 17.8. The second-order valence-corrected chi connectivity index (χ2v) is 9.77. The Kier molecular flexibility index (Phi) is 7.77. The van der Waals surface area contributed by atoms with Crippen molar-refractivity contribution in [1.82, 2.24) is 9.97 Å². The molecule has 164 valence electrons. The molecular weight excluding hydrogens is 414 g/mol. The van der Waals surface area contributed by atoms with Gasteiger partial charge in [-0.1, -0.05) is 43.7 Å². The molecule has 1 aliphatic carbocycles. The summed E-state index contributed by atoms with van der Waals surface area (Å²) in [6.07, 6.45) is 9.45. The standard InChI is InChI=1S/C23H27N3O4S/c1-30-15-5-8-21-22(25-14-13-24-21)26-23(27)20(16-17-6-3-4-7-17)18-9-11-19(12-10-18)31(2,28)29/h9-14,17,20H,3-4,6-7,15-16H2,1-2H3,(H,25,26,27)/t20-/m1/s1. The molecule has 0 saturated heterocycles. The number of methoxy groups -OCH3 is 1. The Balaban J connectivity index is 1.86. The first-order valence-corrected chi connectivity index (χ1v) is 12.2. The van der Waals surface area contributed by atoms with Gasteiger partial charge in [0.1, 0.15) is 6.61 Å². The molecule has 1 fully saturated rings. The Labute approximate surface area is 183 Å². The Hall–Kier alpha value is -2.76. The second kappa shape index (κ2) is 10.5. The Morgan fingerprint density at radius 1 is 1.19 bits per heavy atom. The maximum atomic E-state index is 13.3. The van der Waals surface area contributed by atoms with Crippen molar-refractivity contribution in [2.75, 3.05) is 25.3 Å². The highest BCUT2D eigenvalue weighted by atomic mass is 32.2. The van der Waals surface area contributed by atoms with Crippen molar-refractivity contribution < 1.29 is 17.9 Å². The van der Waals surface area contributed by atoms with Gasteiger partial charge in [-0.15, -0.1) is 0 Å². The molecule has 8 heteroatoms. The Morgan fingerprint density at radius 2 is 1.87 bits per heavy atom. The SMILES string of the molecule is COCC#Cc1nccnc1NC(=O)[C@H](CC1CCCC1)c1ccc(S(C)(=O)=O)cc1. The summed E-state index contributed by atoms with van der Waals surface area (Å²) in [6, 6.07) is 6.57. The van der Waals surface area contributed by atoms with Crippen molar-refractivity contribution in [3.8, 4) is 11.8 Å². The van der Waals surface area contributed by atoms with Crippen molar-refractivity contribution in [2.45, 2.75) is 42.9 Å². The lowest BCUT2D eigenvalue weighted by Crippen LogP contribution is -2.24. The molecule has 0 bridgehead atoms. The van der Waals surface area contributed by atoms with Crippen LogP contribution in [0.5, 0.6) is 0 Å². The lowest BCUT2D eigenvalue weighted by molar-refractivity contribution is -0.118.